The summed E-state index contributed by atoms with van der Waals surface area (Å²) in [5.74, 6) is 4.00. The van der Waals surface area contributed by atoms with Crippen LogP contribution in [0.2, 0.25) is 0 Å². The number of alkyl halides is 6. The summed E-state index contributed by atoms with van der Waals surface area (Å²) >= 11 is 0. The number of pyridine rings is 1. The third-order valence-electron chi connectivity index (χ3n) is 3.20. The molecule has 0 aliphatic heterocycles. The number of nitrogens with two attached hydrogens (primary N) is 1. The number of rotatable bonds is 5. The highest BCUT2D eigenvalue weighted by molar-refractivity contribution is 5.55. The number of hydrazine groups is 1. The van der Waals surface area contributed by atoms with E-state index in [4.69, 9.17) is 9.53 Å². The van der Waals surface area contributed by atoms with Crippen molar-refractivity contribution in [1.82, 2.24) is 10.4 Å². The second-order valence-corrected chi connectivity index (χ2v) is 5.01. The topological polar surface area (TPSA) is 89.3 Å². The quantitative estimate of drug-likeness (QED) is 0.231. The Bertz CT molecular complexity index is 780. The summed E-state index contributed by atoms with van der Waals surface area (Å²) in [7, 11) is 1.43. The number of ether oxygens (including phenoxy) is 1. The first-order valence-corrected chi connectivity index (χ1v) is 7.48. The number of anilines is 1. The summed E-state index contributed by atoms with van der Waals surface area (Å²) in [5, 5.41) is 2.60. The molecule has 0 saturated heterocycles. The van der Waals surface area contributed by atoms with Gasteiger partial charge in [-0.1, -0.05) is 12.1 Å². The van der Waals surface area contributed by atoms with E-state index in [1.165, 1.54) is 19.2 Å². The van der Waals surface area contributed by atoms with Crippen molar-refractivity contribution in [2.24, 2.45) is 5.84 Å². The molecule has 0 unspecified atom stereocenters. The molecule has 0 spiro atoms. The van der Waals surface area contributed by atoms with E-state index in [0.29, 0.717) is 6.41 Å². The zero-order chi connectivity index (χ0) is 21.4. The lowest BCUT2D eigenvalue weighted by Crippen LogP contribution is -2.18. The van der Waals surface area contributed by atoms with Gasteiger partial charge in [-0.2, -0.15) is 26.3 Å². The highest BCUT2D eigenvalue weighted by Gasteiger charge is 2.35. The standard InChI is InChI=1S/C15H12F6N2O.CH4N2O/c1-22-11-5-2-4-10(14(16,17)18)9(11)8-24-13-7-3-6-12(23-13)15(19,20)21;2-3-1-4/h2-7,22H,8H2,1H3;1H,2H2,(H,3,4). The van der Waals surface area contributed by atoms with Crippen molar-refractivity contribution < 1.29 is 35.9 Å². The van der Waals surface area contributed by atoms with E-state index in [2.05, 4.69) is 16.1 Å². The molecule has 28 heavy (non-hydrogen) atoms. The van der Waals surface area contributed by atoms with Crippen LogP contribution in [0.1, 0.15) is 16.8 Å². The monoisotopic (exact) mass is 410 g/mol. The Morgan fingerprint density at radius 2 is 1.68 bits per heavy atom. The van der Waals surface area contributed by atoms with Crippen molar-refractivity contribution in [2.75, 3.05) is 12.4 Å². The Balaban J connectivity index is 0.000000892. The molecule has 1 aromatic carbocycles. The molecule has 4 N–H and O–H groups in total. The third kappa shape index (κ3) is 6.61. The third-order valence-corrected chi connectivity index (χ3v) is 3.20. The van der Waals surface area contributed by atoms with E-state index < -0.39 is 36.1 Å². The number of amides is 1. The molecule has 1 amide bonds. The van der Waals surface area contributed by atoms with Crippen molar-refractivity contribution in [1.29, 1.82) is 0 Å². The molecule has 1 aromatic heterocycles. The first-order valence-electron chi connectivity index (χ1n) is 7.48. The minimum atomic E-state index is -4.67. The highest BCUT2D eigenvalue weighted by atomic mass is 19.4. The van der Waals surface area contributed by atoms with Gasteiger partial charge in [-0.25, -0.2) is 10.8 Å². The lowest BCUT2D eigenvalue weighted by molar-refractivity contribution is -0.141. The van der Waals surface area contributed by atoms with Crippen LogP contribution >= 0.6 is 0 Å². The average Bonchev–Trinajstić information content (AvgIpc) is 2.65. The van der Waals surface area contributed by atoms with Gasteiger partial charge in [-0.05, 0) is 18.2 Å². The summed E-state index contributed by atoms with van der Waals surface area (Å²) in [6.07, 6.45) is -8.88. The van der Waals surface area contributed by atoms with Crippen LogP contribution in [0.25, 0.3) is 0 Å². The van der Waals surface area contributed by atoms with Gasteiger partial charge in [0.2, 0.25) is 12.3 Å². The van der Waals surface area contributed by atoms with E-state index in [0.717, 1.165) is 24.3 Å². The van der Waals surface area contributed by atoms with Gasteiger partial charge in [0, 0.05) is 24.4 Å². The average molecular weight is 410 g/mol. The Kier molecular flexibility index (Phi) is 8.04. The lowest BCUT2D eigenvalue weighted by Gasteiger charge is -2.17. The molecule has 0 saturated carbocycles. The van der Waals surface area contributed by atoms with Crippen LogP contribution in [0.4, 0.5) is 32.0 Å². The van der Waals surface area contributed by atoms with Crippen LogP contribution in [0.15, 0.2) is 36.4 Å². The normalized spacial score (nSPS) is 11.1. The minimum Gasteiger partial charge on any atom is -0.473 e. The molecule has 1 heterocycles. The van der Waals surface area contributed by atoms with Gasteiger partial charge >= 0.3 is 12.4 Å². The van der Waals surface area contributed by atoms with Crippen molar-refractivity contribution >= 4 is 12.1 Å². The van der Waals surface area contributed by atoms with Crippen molar-refractivity contribution in [3.05, 3.63) is 53.2 Å². The summed E-state index contributed by atoms with van der Waals surface area (Å²) in [5.41, 5.74) is -0.414. The van der Waals surface area contributed by atoms with Crippen LogP contribution < -0.4 is 21.3 Å². The number of hydrogen-bond acceptors (Lipinski definition) is 5. The zero-order valence-electron chi connectivity index (χ0n) is 14.4. The van der Waals surface area contributed by atoms with Crippen molar-refractivity contribution in [3.8, 4) is 5.88 Å². The lowest BCUT2D eigenvalue weighted by atomic mass is 10.1. The van der Waals surface area contributed by atoms with Crippen LogP contribution in [-0.4, -0.2) is 18.4 Å². The molecular weight excluding hydrogens is 394 g/mol. The SMILES string of the molecule is CNc1cccc(C(F)(F)F)c1COc1cccc(C(F)(F)F)n1.NNC=O. The predicted octanol–water partition coefficient (Wildman–Crippen LogP) is 3.35. The number of hydrogen-bond donors (Lipinski definition) is 3. The molecule has 6 nitrogen and oxygen atoms in total. The fourth-order valence-electron chi connectivity index (χ4n) is 2.04. The smallest absolute Gasteiger partial charge is 0.433 e. The maximum Gasteiger partial charge on any atom is 0.433 e. The van der Waals surface area contributed by atoms with E-state index in [-0.39, 0.29) is 11.3 Å². The second-order valence-electron chi connectivity index (χ2n) is 5.01. The largest absolute Gasteiger partial charge is 0.473 e. The van der Waals surface area contributed by atoms with Gasteiger partial charge in [0.1, 0.15) is 12.3 Å². The second kappa shape index (κ2) is 9.78. The Hall–Kier alpha value is -3.02. The highest BCUT2D eigenvalue weighted by Crippen LogP contribution is 2.36. The van der Waals surface area contributed by atoms with Crippen LogP contribution in [0.5, 0.6) is 5.88 Å². The van der Waals surface area contributed by atoms with Crippen molar-refractivity contribution in [3.63, 3.8) is 0 Å². The van der Waals surface area contributed by atoms with Gasteiger partial charge in [0.05, 0.1) is 5.56 Å². The first kappa shape index (κ1) is 23.0. The molecule has 0 aliphatic rings. The molecule has 0 radical (unpaired) electrons. The number of carbonyl (C=O) groups excluding carboxylic acids is 1. The van der Waals surface area contributed by atoms with Gasteiger partial charge < -0.3 is 10.1 Å². The fourth-order valence-corrected chi connectivity index (χ4v) is 2.04. The molecule has 0 bridgehead atoms. The van der Waals surface area contributed by atoms with E-state index in [9.17, 15) is 26.3 Å². The van der Waals surface area contributed by atoms with Gasteiger partial charge in [-0.15, -0.1) is 0 Å². The van der Waals surface area contributed by atoms with Gasteiger partial charge in [-0.3, -0.25) is 10.2 Å². The zero-order valence-corrected chi connectivity index (χ0v) is 14.4. The molecular formula is C16H16F6N4O2. The van der Waals surface area contributed by atoms with Crippen LogP contribution in [0.3, 0.4) is 0 Å². The number of halogens is 6. The number of benzene rings is 1. The number of aromatic nitrogens is 1. The van der Waals surface area contributed by atoms with Crippen molar-refractivity contribution in [2.45, 2.75) is 19.0 Å². The molecule has 154 valence electrons. The number of nitrogens with zero attached hydrogens (tertiary/aromatic N) is 1. The van der Waals surface area contributed by atoms with Crippen LogP contribution in [0, 0.1) is 0 Å². The van der Waals surface area contributed by atoms with Gasteiger partial charge in [0.25, 0.3) is 0 Å². The van der Waals surface area contributed by atoms with E-state index in [1.54, 1.807) is 5.43 Å². The summed E-state index contributed by atoms with van der Waals surface area (Å²) in [6, 6.07) is 6.47. The van der Waals surface area contributed by atoms with Crippen LogP contribution in [-0.2, 0) is 23.8 Å². The number of carbonyl (C=O) groups is 1. The van der Waals surface area contributed by atoms with E-state index in [1.807, 2.05) is 0 Å². The summed E-state index contributed by atoms with van der Waals surface area (Å²) in [6.45, 7) is -0.583. The van der Waals surface area contributed by atoms with Gasteiger partial charge in [0.15, 0.2) is 0 Å². The fraction of sp³-hybridized carbons (Fsp3) is 0.250. The maximum absolute atomic E-state index is 13.1. The Morgan fingerprint density at radius 1 is 1.07 bits per heavy atom. The summed E-state index contributed by atoms with van der Waals surface area (Å²) in [4.78, 5) is 12.2. The Labute approximate surface area is 155 Å². The molecule has 2 rings (SSSR count). The minimum absolute atomic E-state index is 0.164. The summed E-state index contributed by atoms with van der Waals surface area (Å²) < 4.78 is 82.0. The Morgan fingerprint density at radius 3 is 2.18 bits per heavy atom. The van der Waals surface area contributed by atoms with E-state index >= 15 is 0 Å². The molecule has 0 fully saturated rings. The predicted molar refractivity (Wildman–Crippen MR) is 87.9 cm³/mol. The maximum atomic E-state index is 13.1. The molecule has 2 aromatic rings. The molecule has 12 heteroatoms. The number of nitrogens with one attached hydrogen (secondary N) is 2. The first-order chi connectivity index (χ1) is 13.0. The molecule has 0 atom stereocenters. The molecule has 0 aliphatic carbocycles.